The first kappa shape index (κ1) is 22.3. The van der Waals surface area contributed by atoms with Gasteiger partial charge in [0.25, 0.3) is 0 Å². The van der Waals surface area contributed by atoms with Gasteiger partial charge < -0.3 is 10.1 Å². The fraction of sp³-hybridized carbons (Fsp3) is 0.435. The minimum Gasteiger partial charge on any atom is -0.494 e. The van der Waals surface area contributed by atoms with Gasteiger partial charge >= 0.3 is 0 Å². The summed E-state index contributed by atoms with van der Waals surface area (Å²) in [5.74, 6) is 0.383. The molecule has 1 saturated heterocycles. The average molecular weight is 431 g/mol. The molecule has 1 heterocycles. The number of ether oxygens (including phenoxy) is 1. The Morgan fingerprint density at radius 1 is 1.13 bits per heavy atom. The number of carbonyl (C=O) groups excluding carboxylic acids is 1. The van der Waals surface area contributed by atoms with Crippen LogP contribution in [0.15, 0.2) is 54.6 Å². The summed E-state index contributed by atoms with van der Waals surface area (Å²) in [7, 11) is -3.37. The van der Waals surface area contributed by atoms with Crippen LogP contribution in [0.1, 0.15) is 31.7 Å². The first-order valence-electron chi connectivity index (χ1n) is 10.5. The molecule has 1 aliphatic rings. The predicted octanol–water partition coefficient (Wildman–Crippen LogP) is 3.70. The Morgan fingerprint density at radius 2 is 1.87 bits per heavy atom. The lowest BCUT2D eigenvalue weighted by Crippen LogP contribution is -2.44. The highest BCUT2D eigenvalue weighted by Crippen LogP contribution is 2.23. The van der Waals surface area contributed by atoms with E-state index in [1.165, 1.54) is 4.31 Å². The maximum atomic E-state index is 12.8. The molecule has 162 valence electrons. The number of aryl methyl sites for hydroxylation is 1. The van der Waals surface area contributed by atoms with Crippen molar-refractivity contribution in [3.8, 4) is 5.75 Å². The molecule has 0 radical (unpaired) electrons. The second-order valence-electron chi connectivity index (χ2n) is 7.55. The third kappa shape index (κ3) is 6.31. The molecular formula is C23H30N2O4S. The van der Waals surface area contributed by atoms with E-state index < -0.39 is 10.0 Å². The van der Waals surface area contributed by atoms with Gasteiger partial charge in [-0.05, 0) is 62.4 Å². The number of piperidine rings is 1. The van der Waals surface area contributed by atoms with Crippen molar-refractivity contribution >= 4 is 21.6 Å². The van der Waals surface area contributed by atoms with E-state index in [9.17, 15) is 13.2 Å². The van der Waals surface area contributed by atoms with Crippen LogP contribution in [0.2, 0.25) is 0 Å². The maximum absolute atomic E-state index is 12.8. The molecule has 0 unspecified atom stereocenters. The Balaban J connectivity index is 1.52. The van der Waals surface area contributed by atoms with Crippen molar-refractivity contribution in [1.82, 2.24) is 4.31 Å². The molecule has 0 aliphatic carbocycles. The highest BCUT2D eigenvalue weighted by atomic mass is 32.2. The van der Waals surface area contributed by atoms with E-state index in [0.717, 1.165) is 17.7 Å². The SMILES string of the molecule is CCOc1ccc(NC(=O)[C@H]2CCCN(S(=O)(=O)CCCc3ccccc3)C2)cc1. The summed E-state index contributed by atoms with van der Waals surface area (Å²) in [6.07, 6.45) is 2.69. The van der Waals surface area contributed by atoms with E-state index in [-0.39, 0.29) is 24.1 Å². The van der Waals surface area contributed by atoms with Crippen molar-refractivity contribution in [1.29, 1.82) is 0 Å². The van der Waals surface area contributed by atoms with Crippen LogP contribution in [0.3, 0.4) is 0 Å². The molecule has 1 aliphatic heterocycles. The lowest BCUT2D eigenvalue weighted by Gasteiger charge is -2.31. The number of hydrogen-bond acceptors (Lipinski definition) is 4. The number of rotatable bonds is 9. The topological polar surface area (TPSA) is 75.7 Å². The number of carbonyl (C=O) groups is 1. The summed E-state index contributed by atoms with van der Waals surface area (Å²) < 4.78 is 32.5. The van der Waals surface area contributed by atoms with Crippen LogP contribution in [-0.4, -0.2) is 44.1 Å². The third-order valence-corrected chi connectivity index (χ3v) is 7.21. The van der Waals surface area contributed by atoms with Gasteiger partial charge in [-0.3, -0.25) is 4.79 Å². The van der Waals surface area contributed by atoms with Crippen LogP contribution in [0.25, 0.3) is 0 Å². The van der Waals surface area contributed by atoms with E-state index in [1.54, 1.807) is 12.1 Å². The van der Waals surface area contributed by atoms with E-state index in [1.807, 2.05) is 49.4 Å². The van der Waals surface area contributed by atoms with Crippen LogP contribution in [-0.2, 0) is 21.2 Å². The summed E-state index contributed by atoms with van der Waals surface area (Å²) in [4.78, 5) is 12.7. The predicted molar refractivity (Wildman–Crippen MR) is 119 cm³/mol. The Hall–Kier alpha value is -2.38. The summed E-state index contributed by atoms with van der Waals surface area (Å²) in [6.45, 7) is 3.24. The minimum atomic E-state index is -3.37. The molecule has 2 aromatic rings. The van der Waals surface area contributed by atoms with Crippen molar-refractivity contribution < 1.29 is 17.9 Å². The fourth-order valence-electron chi connectivity index (χ4n) is 3.69. The smallest absolute Gasteiger partial charge is 0.228 e. The van der Waals surface area contributed by atoms with Gasteiger partial charge in [-0.15, -0.1) is 0 Å². The number of nitrogens with one attached hydrogen (secondary N) is 1. The maximum Gasteiger partial charge on any atom is 0.228 e. The van der Waals surface area contributed by atoms with E-state index in [4.69, 9.17) is 4.74 Å². The molecule has 6 nitrogen and oxygen atoms in total. The molecule has 7 heteroatoms. The second-order valence-corrected chi connectivity index (χ2v) is 9.64. The van der Waals surface area contributed by atoms with Crippen LogP contribution < -0.4 is 10.1 Å². The molecule has 0 bridgehead atoms. The minimum absolute atomic E-state index is 0.106. The lowest BCUT2D eigenvalue weighted by atomic mass is 9.99. The third-order valence-electron chi connectivity index (χ3n) is 5.29. The van der Waals surface area contributed by atoms with E-state index in [2.05, 4.69) is 5.32 Å². The molecule has 0 spiro atoms. The van der Waals surface area contributed by atoms with Crippen molar-refractivity contribution in [3.63, 3.8) is 0 Å². The number of hydrogen-bond donors (Lipinski definition) is 1. The first-order chi connectivity index (χ1) is 14.5. The summed E-state index contributed by atoms with van der Waals surface area (Å²) >= 11 is 0. The fourth-order valence-corrected chi connectivity index (χ4v) is 5.27. The first-order valence-corrected chi connectivity index (χ1v) is 12.1. The largest absolute Gasteiger partial charge is 0.494 e. The van der Waals surface area contributed by atoms with Gasteiger partial charge in [-0.25, -0.2) is 12.7 Å². The number of sulfonamides is 1. The van der Waals surface area contributed by atoms with Gasteiger partial charge in [0, 0.05) is 18.8 Å². The molecule has 1 atom stereocenters. The van der Waals surface area contributed by atoms with Gasteiger partial charge in [0.2, 0.25) is 15.9 Å². The highest BCUT2D eigenvalue weighted by Gasteiger charge is 2.32. The van der Waals surface area contributed by atoms with E-state index in [0.29, 0.717) is 38.1 Å². The van der Waals surface area contributed by atoms with Gasteiger partial charge in [-0.2, -0.15) is 0 Å². The molecule has 2 aromatic carbocycles. The summed E-state index contributed by atoms with van der Waals surface area (Å²) in [5.41, 5.74) is 1.82. The molecule has 30 heavy (non-hydrogen) atoms. The molecule has 1 amide bonds. The molecule has 0 saturated carbocycles. The number of benzene rings is 2. The van der Waals surface area contributed by atoms with E-state index >= 15 is 0 Å². The normalized spacial score (nSPS) is 17.4. The second kappa shape index (κ2) is 10.6. The molecule has 0 aromatic heterocycles. The lowest BCUT2D eigenvalue weighted by molar-refractivity contribution is -0.120. The van der Waals surface area contributed by atoms with Gasteiger partial charge in [0.05, 0.1) is 18.3 Å². The quantitative estimate of drug-likeness (QED) is 0.658. The van der Waals surface area contributed by atoms with Crippen molar-refractivity contribution in [2.45, 2.75) is 32.6 Å². The van der Waals surface area contributed by atoms with Crippen LogP contribution >= 0.6 is 0 Å². The van der Waals surface area contributed by atoms with Gasteiger partial charge in [0.15, 0.2) is 0 Å². The standard InChI is InChI=1S/C23H30N2O4S/c1-2-29-22-14-12-21(13-15-22)24-23(26)20-11-6-16-25(18-20)30(27,28)17-7-10-19-8-4-3-5-9-19/h3-5,8-9,12-15,20H,2,6-7,10-11,16-18H2,1H3,(H,24,26)/t20-/m0/s1. The van der Waals surface area contributed by atoms with Crippen molar-refractivity contribution in [2.24, 2.45) is 5.92 Å². The molecule has 1 N–H and O–H groups in total. The van der Waals surface area contributed by atoms with Crippen molar-refractivity contribution in [3.05, 3.63) is 60.2 Å². The zero-order valence-electron chi connectivity index (χ0n) is 17.4. The number of anilines is 1. The number of amides is 1. The molecule has 1 fully saturated rings. The monoisotopic (exact) mass is 430 g/mol. The zero-order valence-corrected chi connectivity index (χ0v) is 18.2. The summed E-state index contributed by atoms with van der Waals surface area (Å²) in [5, 5.41) is 2.90. The van der Waals surface area contributed by atoms with Crippen LogP contribution in [0, 0.1) is 5.92 Å². The van der Waals surface area contributed by atoms with Gasteiger partial charge in [-0.1, -0.05) is 30.3 Å². The van der Waals surface area contributed by atoms with Crippen LogP contribution in [0.4, 0.5) is 5.69 Å². The molecular weight excluding hydrogens is 400 g/mol. The average Bonchev–Trinajstić information content (AvgIpc) is 2.76. The zero-order chi connectivity index (χ0) is 21.4. The Labute approximate surface area is 179 Å². The Morgan fingerprint density at radius 3 is 2.57 bits per heavy atom. The van der Waals surface area contributed by atoms with Gasteiger partial charge in [0.1, 0.15) is 5.75 Å². The number of nitrogens with zero attached hydrogens (tertiary/aromatic N) is 1. The van der Waals surface area contributed by atoms with Crippen LogP contribution in [0.5, 0.6) is 5.75 Å². The highest BCUT2D eigenvalue weighted by molar-refractivity contribution is 7.89. The molecule has 3 rings (SSSR count). The van der Waals surface area contributed by atoms with Crippen molar-refractivity contribution in [2.75, 3.05) is 30.8 Å². The Kier molecular flexibility index (Phi) is 7.87. The summed E-state index contributed by atoms with van der Waals surface area (Å²) in [6, 6.07) is 17.1. The Bertz CT molecular complexity index is 914.